The maximum absolute atomic E-state index is 6.23. The summed E-state index contributed by atoms with van der Waals surface area (Å²) in [4.78, 5) is 4.64. The second-order valence-electron chi connectivity index (χ2n) is 4.41. The van der Waals surface area contributed by atoms with Crippen molar-refractivity contribution < 1.29 is 0 Å². The van der Waals surface area contributed by atoms with Crippen LogP contribution in [-0.4, -0.2) is 4.98 Å². The van der Waals surface area contributed by atoms with Crippen LogP contribution in [-0.2, 0) is 12.8 Å². The number of anilines is 1. The number of aryl methyl sites for hydroxylation is 1. The normalized spacial score (nSPS) is 14.9. The fourth-order valence-corrected chi connectivity index (χ4v) is 2.95. The second-order valence-corrected chi connectivity index (χ2v) is 5.23. The number of nitrogen functional groups attached to an aromatic ring is 1. The number of nitrogens with zero attached hydrogens (tertiary/aromatic N) is 1. The highest BCUT2D eigenvalue weighted by atomic mass is 35.5. The summed E-state index contributed by atoms with van der Waals surface area (Å²) >= 11 is 12.4. The first kappa shape index (κ1) is 11.1. The third-order valence-electron chi connectivity index (χ3n) is 3.36. The Labute approximate surface area is 110 Å². The lowest BCUT2D eigenvalue weighted by molar-refractivity contribution is 0.673. The van der Waals surface area contributed by atoms with E-state index >= 15 is 0 Å². The highest BCUT2D eigenvalue weighted by Gasteiger charge is 2.18. The Morgan fingerprint density at radius 2 is 1.76 bits per heavy atom. The maximum Gasteiger partial charge on any atom is 0.0927 e. The molecule has 0 saturated carbocycles. The third kappa shape index (κ3) is 1.67. The van der Waals surface area contributed by atoms with Crippen LogP contribution in [0, 0.1) is 0 Å². The molecule has 0 spiro atoms. The molecule has 1 aromatic carbocycles. The lowest BCUT2D eigenvalue weighted by Gasteiger charge is -2.19. The molecule has 2 N–H and O–H groups in total. The summed E-state index contributed by atoms with van der Waals surface area (Å²) in [6, 6.07) is 3.55. The van der Waals surface area contributed by atoms with E-state index in [1.165, 1.54) is 12.8 Å². The van der Waals surface area contributed by atoms with Gasteiger partial charge < -0.3 is 5.73 Å². The van der Waals surface area contributed by atoms with Gasteiger partial charge in [-0.3, -0.25) is 4.98 Å². The summed E-state index contributed by atoms with van der Waals surface area (Å²) in [5, 5.41) is 2.05. The molecule has 0 amide bonds. The predicted molar refractivity (Wildman–Crippen MR) is 72.8 cm³/mol. The summed E-state index contributed by atoms with van der Waals surface area (Å²) in [6.07, 6.45) is 4.32. The van der Waals surface area contributed by atoms with Crippen molar-refractivity contribution in [1.29, 1.82) is 0 Å². The van der Waals surface area contributed by atoms with Gasteiger partial charge in [-0.15, -0.1) is 0 Å². The summed E-state index contributed by atoms with van der Waals surface area (Å²) in [6.45, 7) is 0. The smallest absolute Gasteiger partial charge is 0.0927 e. The topological polar surface area (TPSA) is 38.9 Å². The van der Waals surface area contributed by atoms with Crippen LogP contribution in [0.2, 0.25) is 10.0 Å². The number of hydrogen-bond donors (Lipinski definition) is 1. The van der Waals surface area contributed by atoms with Crippen molar-refractivity contribution in [3.63, 3.8) is 0 Å². The molecule has 2 aromatic rings. The number of aromatic nitrogens is 1. The van der Waals surface area contributed by atoms with Crippen LogP contribution in [0.15, 0.2) is 12.1 Å². The predicted octanol–water partition coefficient (Wildman–Crippen LogP) is 4.00. The molecule has 1 aromatic heterocycles. The maximum atomic E-state index is 6.23. The van der Waals surface area contributed by atoms with Crippen LogP contribution in [0.5, 0.6) is 0 Å². The van der Waals surface area contributed by atoms with Crippen LogP contribution in [0.3, 0.4) is 0 Å². The zero-order valence-electron chi connectivity index (χ0n) is 9.26. The summed E-state index contributed by atoms with van der Waals surface area (Å²) in [5.41, 5.74) is 9.97. The van der Waals surface area contributed by atoms with Crippen molar-refractivity contribution in [2.75, 3.05) is 5.73 Å². The number of rotatable bonds is 0. The van der Waals surface area contributed by atoms with Crippen LogP contribution in [0.1, 0.15) is 24.1 Å². The monoisotopic (exact) mass is 266 g/mol. The van der Waals surface area contributed by atoms with Gasteiger partial charge in [0.25, 0.3) is 0 Å². The molecular weight excluding hydrogens is 255 g/mol. The first-order chi connectivity index (χ1) is 8.18. The van der Waals surface area contributed by atoms with E-state index in [-0.39, 0.29) is 0 Å². The molecule has 3 rings (SSSR count). The molecule has 2 nitrogen and oxygen atoms in total. The first-order valence-electron chi connectivity index (χ1n) is 5.73. The summed E-state index contributed by atoms with van der Waals surface area (Å²) in [7, 11) is 0. The van der Waals surface area contributed by atoms with Crippen molar-refractivity contribution >= 4 is 39.8 Å². The lowest BCUT2D eigenvalue weighted by atomic mass is 9.93. The van der Waals surface area contributed by atoms with E-state index in [2.05, 4.69) is 4.98 Å². The molecule has 1 heterocycles. The average Bonchev–Trinajstić information content (AvgIpc) is 2.34. The molecule has 4 heteroatoms. The molecule has 17 heavy (non-hydrogen) atoms. The Hall–Kier alpha value is -0.990. The number of nitrogens with two attached hydrogens (primary N) is 1. The highest BCUT2D eigenvalue weighted by Crippen LogP contribution is 2.37. The number of benzene rings is 1. The van der Waals surface area contributed by atoms with Gasteiger partial charge in [-0.1, -0.05) is 23.2 Å². The number of pyridine rings is 1. The van der Waals surface area contributed by atoms with Crippen LogP contribution in [0.4, 0.5) is 5.69 Å². The molecule has 0 radical (unpaired) electrons. The second kappa shape index (κ2) is 4.04. The molecule has 0 fully saturated rings. The standard InChI is InChI=1S/C13H12Cl2N2/c14-8-5-6-9(15)13-11(8)12(16)7-3-1-2-4-10(7)17-13/h5-6H,1-4H2,(H2,16,17). The summed E-state index contributed by atoms with van der Waals surface area (Å²) in [5.74, 6) is 0. The molecule has 0 aliphatic heterocycles. The van der Waals surface area contributed by atoms with Crippen LogP contribution in [0.25, 0.3) is 10.9 Å². The SMILES string of the molecule is Nc1c2c(nc3c(Cl)ccc(Cl)c13)CCCC2. The Kier molecular flexibility index (Phi) is 2.64. The fraction of sp³-hybridized carbons (Fsp3) is 0.308. The zero-order chi connectivity index (χ0) is 12.0. The van der Waals surface area contributed by atoms with Crippen molar-refractivity contribution in [3.8, 4) is 0 Å². The zero-order valence-corrected chi connectivity index (χ0v) is 10.8. The van der Waals surface area contributed by atoms with Gasteiger partial charge in [0, 0.05) is 16.8 Å². The van der Waals surface area contributed by atoms with E-state index in [1.54, 1.807) is 12.1 Å². The van der Waals surface area contributed by atoms with E-state index in [4.69, 9.17) is 28.9 Å². The Balaban J connectivity index is 2.44. The number of fused-ring (bicyclic) bond motifs is 2. The van der Waals surface area contributed by atoms with Gasteiger partial charge >= 0.3 is 0 Å². The minimum absolute atomic E-state index is 0.615. The van der Waals surface area contributed by atoms with Crippen LogP contribution >= 0.6 is 23.2 Å². The minimum atomic E-state index is 0.615. The minimum Gasteiger partial charge on any atom is -0.398 e. The molecule has 1 aliphatic carbocycles. The molecule has 0 unspecified atom stereocenters. The highest BCUT2D eigenvalue weighted by molar-refractivity contribution is 6.40. The van der Waals surface area contributed by atoms with E-state index in [9.17, 15) is 0 Å². The Bertz CT molecular complexity index is 608. The fourth-order valence-electron chi connectivity index (χ4n) is 2.50. The van der Waals surface area contributed by atoms with Crippen molar-refractivity contribution in [3.05, 3.63) is 33.4 Å². The molecule has 0 atom stereocenters. The lowest BCUT2D eigenvalue weighted by Crippen LogP contribution is -2.09. The largest absolute Gasteiger partial charge is 0.398 e. The van der Waals surface area contributed by atoms with E-state index in [0.29, 0.717) is 10.0 Å². The Morgan fingerprint density at radius 1 is 1.06 bits per heavy atom. The van der Waals surface area contributed by atoms with Gasteiger partial charge in [-0.2, -0.15) is 0 Å². The Morgan fingerprint density at radius 3 is 2.59 bits per heavy atom. The van der Waals surface area contributed by atoms with E-state index < -0.39 is 0 Å². The summed E-state index contributed by atoms with van der Waals surface area (Å²) < 4.78 is 0. The van der Waals surface area contributed by atoms with Crippen molar-refractivity contribution in [2.24, 2.45) is 0 Å². The third-order valence-corrected chi connectivity index (χ3v) is 3.98. The van der Waals surface area contributed by atoms with Gasteiger partial charge in [0.2, 0.25) is 0 Å². The quantitative estimate of drug-likeness (QED) is 0.783. The molecular formula is C13H12Cl2N2. The van der Waals surface area contributed by atoms with Gasteiger partial charge in [0.15, 0.2) is 0 Å². The van der Waals surface area contributed by atoms with Gasteiger partial charge in [0.1, 0.15) is 0 Å². The van der Waals surface area contributed by atoms with Gasteiger partial charge in [-0.05, 0) is 43.4 Å². The molecule has 88 valence electrons. The average molecular weight is 267 g/mol. The molecule has 0 saturated heterocycles. The van der Waals surface area contributed by atoms with Crippen molar-refractivity contribution in [2.45, 2.75) is 25.7 Å². The number of halogens is 2. The van der Waals surface area contributed by atoms with Crippen LogP contribution < -0.4 is 5.73 Å². The molecule has 1 aliphatic rings. The van der Waals surface area contributed by atoms with Crippen molar-refractivity contribution in [1.82, 2.24) is 4.98 Å². The first-order valence-corrected chi connectivity index (χ1v) is 6.49. The van der Waals surface area contributed by atoms with Gasteiger partial charge in [-0.25, -0.2) is 0 Å². The number of hydrogen-bond acceptors (Lipinski definition) is 2. The van der Waals surface area contributed by atoms with E-state index in [0.717, 1.165) is 40.7 Å². The molecule has 0 bridgehead atoms. The van der Waals surface area contributed by atoms with E-state index in [1.807, 2.05) is 0 Å². The van der Waals surface area contributed by atoms with Gasteiger partial charge in [0.05, 0.1) is 15.6 Å².